The number of hydrogen-bond donors (Lipinski definition) is 2. The van der Waals surface area contributed by atoms with E-state index in [0.717, 1.165) is 0 Å². The number of nitrogen functional groups attached to an aromatic ring is 1. The Kier molecular flexibility index (Phi) is 6.08. The van der Waals surface area contributed by atoms with Crippen LogP contribution in [0, 0.1) is 11.8 Å². The Balaban J connectivity index is 2.08. The van der Waals surface area contributed by atoms with Crippen LogP contribution in [-0.4, -0.2) is 49.5 Å². The van der Waals surface area contributed by atoms with Crippen molar-refractivity contribution in [3.05, 3.63) is 20.8 Å². The quantitative estimate of drug-likeness (QED) is 0.690. The summed E-state index contributed by atoms with van der Waals surface area (Å²) in [7, 11) is 0. The minimum atomic E-state index is -0.687. The molecule has 0 bridgehead atoms. The molecule has 0 radical (unpaired) electrons. The zero-order valence-corrected chi connectivity index (χ0v) is 19.0. The van der Waals surface area contributed by atoms with Gasteiger partial charge in [-0.15, -0.1) is 11.8 Å². The Morgan fingerprint density at radius 2 is 1.93 bits per heavy atom. The van der Waals surface area contributed by atoms with Crippen LogP contribution in [0.3, 0.4) is 0 Å². The third-order valence-corrected chi connectivity index (χ3v) is 7.08. The number of nitrogens with two attached hydrogens (primary N) is 1. The van der Waals surface area contributed by atoms with Gasteiger partial charge in [-0.1, -0.05) is 27.7 Å². The largest absolute Gasteiger partial charge is 0.383 e. The topological polar surface area (TPSA) is 121 Å². The molecule has 0 aromatic carbocycles. The molecule has 3 rings (SSSR count). The number of anilines is 2. The lowest BCUT2D eigenvalue weighted by Crippen LogP contribution is -2.53. The number of nitrogens with one attached hydrogen (secondary N) is 1. The summed E-state index contributed by atoms with van der Waals surface area (Å²) in [6, 6.07) is -0.655. The molecule has 1 aromatic heterocycles. The molecule has 0 aliphatic carbocycles. The summed E-state index contributed by atoms with van der Waals surface area (Å²) in [5.74, 6) is 0.242. The molecule has 2 amide bonds. The van der Waals surface area contributed by atoms with Gasteiger partial charge in [0.2, 0.25) is 5.91 Å². The fourth-order valence-corrected chi connectivity index (χ4v) is 5.65. The predicted octanol–water partition coefficient (Wildman–Crippen LogP) is 1.22. The normalized spacial score (nSPS) is 23.5. The monoisotopic (exact) mass is 437 g/mol. The van der Waals surface area contributed by atoms with E-state index in [2.05, 4.69) is 4.98 Å². The molecular weight excluding hydrogens is 406 g/mol. The molecule has 3 heterocycles. The maximum absolute atomic E-state index is 13.7. The van der Waals surface area contributed by atoms with Crippen LogP contribution in [0.2, 0.25) is 0 Å². The molecule has 1 aromatic rings. The summed E-state index contributed by atoms with van der Waals surface area (Å²) in [5, 5.41) is 0. The fourth-order valence-electron chi connectivity index (χ4n) is 4.22. The molecule has 0 spiro atoms. The molecule has 2 fully saturated rings. The summed E-state index contributed by atoms with van der Waals surface area (Å²) in [6.07, 6.45) is 1.12. The lowest BCUT2D eigenvalue weighted by Gasteiger charge is -2.34. The van der Waals surface area contributed by atoms with Gasteiger partial charge in [-0.25, -0.2) is 4.79 Å². The van der Waals surface area contributed by atoms with Crippen molar-refractivity contribution >= 4 is 35.1 Å². The first kappa shape index (κ1) is 22.5. The van der Waals surface area contributed by atoms with Crippen LogP contribution < -0.4 is 21.9 Å². The lowest BCUT2D eigenvalue weighted by molar-refractivity contribution is -0.136. The number of aromatic nitrogens is 2. The van der Waals surface area contributed by atoms with Gasteiger partial charge in [0.25, 0.3) is 11.5 Å². The highest BCUT2D eigenvalue weighted by atomic mass is 32.2. The third-order valence-electron chi connectivity index (χ3n) is 5.58. The number of carbonyl (C=O) groups excluding carboxylic acids is 2. The van der Waals surface area contributed by atoms with Gasteiger partial charge in [0.15, 0.2) is 5.69 Å². The Morgan fingerprint density at radius 1 is 1.27 bits per heavy atom. The van der Waals surface area contributed by atoms with Crippen molar-refractivity contribution in [1.29, 1.82) is 0 Å². The van der Waals surface area contributed by atoms with Crippen LogP contribution in [0.15, 0.2) is 9.59 Å². The predicted molar refractivity (Wildman–Crippen MR) is 118 cm³/mol. The number of hydrogen-bond acceptors (Lipinski definition) is 6. The molecule has 166 valence electrons. The van der Waals surface area contributed by atoms with Gasteiger partial charge in [0, 0.05) is 25.3 Å². The number of amides is 2. The second-order valence-corrected chi connectivity index (χ2v) is 10.6. The minimum Gasteiger partial charge on any atom is -0.383 e. The molecule has 9 nitrogen and oxygen atoms in total. The Labute approximate surface area is 180 Å². The first-order valence-corrected chi connectivity index (χ1v) is 11.3. The highest BCUT2D eigenvalue weighted by molar-refractivity contribution is 8.01. The SMILES string of the molecule is CC(C)CN(C(=O)[C@H]1CS[C@@]2(C)CCC(=O)N12)c1c(N)n(CC(C)C)c(=O)[nH]c1=O. The summed E-state index contributed by atoms with van der Waals surface area (Å²) in [6.45, 7) is 10.3. The smallest absolute Gasteiger partial charge is 0.330 e. The lowest BCUT2D eigenvalue weighted by atomic mass is 10.1. The molecule has 30 heavy (non-hydrogen) atoms. The van der Waals surface area contributed by atoms with Crippen LogP contribution in [0.5, 0.6) is 0 Å². The van der Waals surface area contributed by atoms with Crippen LogP contribution in [0.4, 0.5) is 11.5 Å². The van der Waals surface area contributed by atoms with Crippen molar-refractivity contribution in [2.24, 2.45) is 11.8 Å². The van der Waals surface area contributed by atoms with E-state index in [-0.39, 0.29) is 41.7 Å². The van der Waals surface area contributed by atoms with E-state index in [1.807, 2.05) is 34.6 Å². The van der Waals surface area contributed by atoms with Crippen molar-refractivity contribution < 1.29 is 9.59 Å². The van der Waals surface area contributed by atoms with Crippen molar-refractivity contribution in [2.45, 2.75) is 64.9 Å². The third kappa shape index (κ3) is 3.89. The average Bonchev–Trinajstić information content (AvgIpc) is 3.12. The average molecular weight is 438 g/mol. The highest BCUT2D eigenvalue weighted by Crippen LogP contribution is 2.47. The first-order chi connectivity index (χ1) is 14.0. The van der Waals surface area contributed by atoms with Crippen LogP contribution >= 0.6 is 11.8 Å². The van der Waals surface area contributed by atoms with E-state index in [1.165, 1.54) is 9.47 Å². The Hall–Kier alpha value is -2.23. The Bertz CT molecular complexity index is 969. The zero-order valence-electron chi connectivity index (χ0n) is 18.2. The van der Waals surface area contributed by atoms with Crippen molar-refractivity contribution in [1.82, 2.24) is 14.5 Å². The number of rotatable bonds is 6. The van der Waals surface area contributed by atoms with E-state index >= 15 is 0 Å². The summed E-state index contributed by atoms with van der Waals surface area (Å²) in [5.41, 5.74) is 4.98. The summed E-state index contributed by atoms with van der Waals surface area (Å²) < 4.78 is 1.30. The molecule has 2 saturated heterocycles. The second kappa shape index (κ2) is 8.13. The van der Waals surface area contributed by atoms with Crippen molar-refractivity contribution in [3.63, 3.8) is 0 Å². The van der Waals surface area contributed by atoms with Crippen molar-refractivity contribution in [3.8, 4) is 0 Å². The van der Waals surface area contributed by atoms with Crippen LogP contribution in [0.25, 0.3) is 0 Å². The van der Waals surface area contributed by atoms with Crippen LogP contribution in [-0.2, 0) is 16.1 Å². The first-order valence-electron chi connectivity index (χ1n) is 10.4. The number of aromatic amines is 1. The molecule has 2 atom stereocenters. The molecule has 0 unspecified atom stereocenters. The summed E-state index contributed by atoms with van der Waals surface area (Å²) >= 11 is 1.59. The van der Waals surface area contributed by atoms with Gasteiger partial charge in [-0.3, -0.25) is 23.9 Å². The van der Waals surface area contributed by atoms with E-state index in [4.69, 9.17) is 5.73 Å². The van der Waals surface area contributed by atoms with Gasteiger partial charge >= 0.3 is 5.69 Å². The van der Waals surface area contributed by atoms with E-state index < -0.39 is 22.2 Å². The van der Waals surface area contributed by atoms with E-state index in [1.54, 1.807) is 16.7 Å². The maximum atomic E-state index is 13.7. The molecule has 2 aliphatic heterocycles. The van der Waals surface area contributed by atoms with E-state index in [9.17, 15) is 19.2 Å². The molecule has 2 aliphatic rings. The fraction of sp³-hybridized carbons (Fsp3) is 0.700. The number of fused-ring (bicyclic) bond motifs is 1. The number of nitrogens with zero attached hydrogens (tertiary/aromatic N) is 3. The number of carbonyl (C=O) groups is 2. The van der Waals surface area contributed by atoms with Gasteiger partial charge in [-0.05, 0) is 25.2 Å². The highest BCUT2D eigenvalue weighted by Gasteiger charge is 2.54. The second-order valence-electron chi connectivity index (χ2n) is 9.11. The number of H-pyrrole nitrogens is 1. The molecular formula is C20H31N5O4S. The molecule has 0 saturated carbocycles. The standard InChI is InChI=1S/C20H31N5O4S/c1-11(2)8-23(15-16(21)24(9-12(3)4)19(29)22-17(15)27)18(28)13-10-30-20(5)7-6-14(26)25(13)20/h11-13H,6-10,21H2,1-5H3,(H,22,27,29)/t13-,20+/m1/s1. The maximum Gasteiger partial charge on any atom is 0.330 e. The van der Waals surface area contributed by atoms with Gasteiger partial charge in [-0.2, -0.15) is 0 Å². The molecule has 10 heteroatoms. The minimum absolute atomic E-state index is 0.0146. The molecule has 3 N–H and O–H groups in total. The Morgan fingerprint density at radius 3 is 2.53 bits per heavy atom. The van der Waals surface area contributed by atoms with Gasteiger partial charge in [0.1, 0.15) is 11.9 Å². The van der Waals surface area contributed by atoms with E-state index in [0.29, 0.717) is 25.1 Å². The van der Waals surface area contributed by atoms with Gasteiger partial charge in [0.05, 0.1) is 4.87 Å². The van der Waals surface area contributed by atoms with Crippen molar-refractivity contribution in [2.75, 3.05) is 22.9 Å². The summed E-state index contributed by atoms with van der Waals surface area (Å²) in [4.78, 5) is 56.2. The number of thioether (sulfide) groups is 1. The van der Waals surface area contributed by atoms with Gasteiger partial charge < -0.3 is 15.5 Å². The van der Waals surface area contributed by atoms with Crippen LogP contribution in [0.1, 0.15) is 47.5 Å². The zero-order chi connectivity index (χ0) is 22.4.